The fourth-order valence-electron chi connectivity index (χ4n) is 3.88. The van der Waals surface area contributed by atoms with E-state index in [-0.39, 0.29) is 29.3 Å². The maximum absolute atomic E-state index is 12.5. The standard InChI is InChI=1S/C22H26F3IN4O6/c1-3-29(4-2)21(32)34-13-33-20(31)18-19(27-28-30(18)26)35-16-9-5-14(6-10-16)15-7-11-17(12-8-15)36-22(23,24)25/h7-8,11-12,14,16H,3-6,9-10,13H2,1-2H3. The Hall–Kier alpha value is -2.78. The molecule has 1 aliphatic rings. The number of esters is 1. The van der Waals surface area contributed by atoms with Crippen molar-refractivity contribution in [3.63, 3.8) is 0 Å². The van der Waals surface area contributed by atoms with Crippen molar-refractivity contribution in [2.75, 3.05) is 19.9 Å². The molecule has 1 aliphatic carbocycles. The molecule has 1 heterocycles. The second-order valence-corrected chi connectivity index (χ2v) is 8.86. The Kier molecular flexibility index (Phi) is 9.62. The van der Waals surface area contributed by atoms with Gasteiger partial charge in [0.25, 0.3) is 5.88 Å². The summed E-state index contributed by atoms with van der Waals surface area (Å²) in [7, 11) is 0. The third-order valence-electron chi connectivity index (χ3n) is 5.73. The third-order valence-corrected chi connectivity index (χ3v) is 6.40. The molecule has 198 valence electrons. The lowest BCUT2D eigenvalue weighted by atomic mass is 9.83. The van der Waals surface area contributed by atoms with Gasteiger partial charge in [0.1, 0.15) is 11.9 Å². The number of halogens is 4. The van der Waals surface area contributed by atoms with Gasteiger partial charge in [-0.2, -0.15) is 2.90 Å². The van der Waals surface area contributed by atoms with Crippen LogP contribution in [0.5, 0.6) is 11.6 Å². The van der Waals surface area contributed by atoms with Crippen LogP contribution in [0.4, 0.5) is 18.0 Å². The zero-order valence-electron chi connectivity index (χ0n) is 19.7. The molecular weight excluding hydrogens is 600 g/mol. The highest BCUT2D eigenvalue weighted by atomic mass is 127. The predicted molar refractivity (Wildman–Crippen MR) is 128 cm³/mol. The van der Waals surface area contributed by atoms with Crippen molar-refractivity contribution < 1.29 is 41.7 Å². The number of hydrogen-bond acceptors (Lipinski definition) is 8. The molecule has 0 radical (unpaired) electrons. The summed E-state index contributed by atoms with van der Waals surface area (Å²) in [5.41, 5.74) is 0.904. The fraction of sp³-hybridized carbons (Fsp3) is 0.545. The maximum Gasteiger partial charge on any atom is 0.573 e. The summed E-state index contributed by atoms with van der Waals surface area (Å²) in [6.45, 7) is 3.97. The Morgan fingerprint density at radius 1 is 1.08 bits per heavy atom. The summed E-state index contributed by atoms with van der Waals surface area (Å²) in [4.78, 5) is 25.9. The quantitative estimate of drug-likeness (QED) is 0.216. The smallest absolute Gasteiger partial charge is 0.472 e. The molecule has 1 saturated carbocycles. The summed E-state index contributed by atoms with van der Waals surface area (Å²) < 4.78 is 58.1. The van der Waals surface area contributed by atoms with E-state index in [2.05, 4.69) is 15.0 Å². The number of ether oxygens (including phenoxy) is 4. The first-order valence-corrected chi connectivity index (χ1v) is 12.3. The predicted octanol–water partition coefficient (Wildman–Crippen LogP) is 5.07. The number of nitrogens with zero attached hydrogens (tertiary/aromatic N) is 4. The van der Waals surface area contributed by atoms with E-state index in [9.17, 15) is 22.8 Å². The van der Waals surface area contributed by atoms with Crippen molar-refractivity contribution in [2.45, 2.75) is 57.9 Å². The molecule has 1 amide bonds. The van der Waals surface area contributed by atoms with Gasteiger partial charge in [-0.3, -0.25) is 0 Å². The second-order valence-electron chi connectivity index (χ2n) is 7.94. The lowest BCUT2D eigenvalue weighted by Gasteiger charge is -2.28. The van der Waals surface area contributed by atoms with Gasteiger partial charge in [0.2, 0.25) is 12.5 Å². The van der Waals surface area contributed by atoms with Crippen molar-refractivity contribution in [3.05, 3.63) is 35.5 Å². The molecule has 0 aliphatic heterocycles. The molecule has 0 atom stereocenters. The van der Waals surface area contributed by atoms with E-state index in [1.54, 1.807) is 48.8 Å². The first-order chi connectivity index (χ1) is 17.1. The van der Waals surface area contributed by atoms with Gasteiger partial charge in [0.15, 0.2) is 0 Å². The van der Waals surface area contributed by atoms with E-state index in [0.29, 0.717) is 25.9 Å². The number of alkyl halides is 3. The van der Waals surface area contributed by atoms with Crippen LogP contribution >= 0.6 is 22.9 Å². The number of carbonyl (C=O) groups is 2. The van der Waals surface area contributed by atoms with Crippen LogP contribution in [0.1, 0.15) is 61.5 Å². The Morgan fingerprint density at radius 2 is 1.72 bits per heavy atom. The van der Waals surface area contributed by atoms with Crippen molar-refractivity contribution in [1.82, 2.24) is 18.1 Å². The molecule has 0 spiro atoms. The van der Waals surface area contributed by atoms with Gasteiger partial charge in [-0.05, 0) is 63.1 Å². The van der Waals surface area contributed by atoms with Crippen LogP contribution in [0.3, 0.4) is 0 Å². The highest BCUT2D eigenvalue weighted by Gasteiger charge is 2.32. The van der Waals surface area contributed by atoms with Gasteiger partial charge in [-0.25, -0.2) is 9.59 Å². The van der Waals surface area contributed by atoms with Crippen LogP contribution < -0.4 is 9.47 Å². The number of rotatable bonds is 9. The summed E-state index contributed by atoms with van der Waals surface area (Å²) in [6, 6.07) is 5.88. The highest BCUT2D eigenvalue weighted by molar-refractivity contribution is 14.1. The average Bonchev–Trinajstić information content (AvgIpc) is 3.19. The lowest BCUT2D eigenvalue weighted by molar-refractivity contribution is -0.274. The largest absolute Gasteiger partial charge is 0.573 e. The average molecular weight is 626 g/mol. The monoisotopic (exact) mass is 626 g/mol. The molecule has 1 fully saturated rings. The van der Waals surface area contributed by atoms with Gasteiger partial charge < -0.3 is 23.8 Å². The number of hydrogen-bond donors (Lipinski definition) is 0. The van der Waals surface area contributed by atoms with E-state index >= 15 is 0 Å². The van der Waals surface area contributed by atoms with Crippen LogP contribution in [0, 0.1) is 0 Å². The normalized spacial score (nSPS) is 17.8. The van der Waals surface area contributed by atoms with E-state index in [1.807, 2.05) is 0 Å². The molecule has 2 aromatic rings. The van der Waals surface area contributed by atoms with E-state index in [0.717, 1.165) is 18.4 Å². The van der Waals surface area contributed by atoms with Crippen LogP contribution in [0.15, 0.2) is 24.3 Å². The molecule has 10 nitrogen and oxygen atoms in total. The Balaban J connectivity index is 1.51. The molecule has 3 rings (SSSR count). The molecule has 0 N–H and O–H groups in total. The topological polar surface area (TPSA) is 105 Å². The molecule has 14 heteroatoms. The zero-order valence-corrected chi connectivity index (χ0v) is 21.8. The maximum atomic E-state index is 12.5. The van der Waals surface area contributed by atoms with Crippen LogP contribution in [0.25, 0.3) is 0 Å². The minimum Gasteiger partial charge on any atom is -0.472 e. The Labute approximate surface area is 219 Å². The first kappa shape index (κ1) is 27.8. The van der Waals surface area contributed by atoms with Gasteiger partial charge >= 0.3 is 18.4 Å². The van der Waals surface area contributed by atoms with E-state index < -0.39 is 25.2 Å². The lowest BCUT2D eigenvalue weighted by Crippen LogP contribution is -2.32. The van der Waals surface area contributed by atoms with Crippen LogP contribution in [-0.4, -0.2) is 62.5 Å². The van der Waals surface area contributed by atoms with Gasteiger partial charge in [-0.1, -0.05) is 22.4 Å². The van der Waals surface area contributed by atoms with E-state index in [4.69, 9.17) is 14.2 Å². The SMILES string of the molecule is CCN(CC)C(=O)OCOC(=O)c1c(OC2CCC(c3ccc(OC(F)(F)F)cc3)CC2)nnn1I. The van der Waals surface area contributed by atoms with Crippen LogP contribution in [-0.2, 0) is 9.47 Å². The molecule has 0 unspecified atom stereocenters. The Bertz CT molecular complexity index is 1020. The minimum absolute atomic E-state index is 0.0153. The molecule has 1 aromatic heterocycles. The number of carbonyl (C=O) groups excluding carboxylic acids is 2. The van der Waals surface area contributed by atoms with Crippen molar-refractivity contribution in [2.24, 2.45) is 0 Å². The van der Waals surface area contributed by atoms with Gasteiger partial charge in [0.05, 0.1) is 22.9 Å². The summed E-state index contributed by atoms with van der Waals surface area (Å²) in [5, 5.41) is 7.72. The van der Waals surface area contributed by atoms with Crippen molar-refractivity contribution in [3.8, 4) is 11.6 Å². The number of amides is 1. The molecule has 36 heavy (non-hydrogen) atoms. The second kappa shape index (κ2) is 12.5. The molecule has 0 saturated heterocycles. The van der Waals surface area contributed by atoms with Crippen molar-refractivity contribution in [1.29, 1.82) is 0 Å². The third kappa shape index (κ3) is 7.61. The summed E-state index contributed by atoms with van der Waals surface area (Å²) in [6.07, 6.45) is -2.77. The fourth-order valence-corrected chi connectivity index (χ4v) is 4.38. The molecule has 1 aromatic carbocycles. The zero-order chi connectivity index (χ0) is 26.3. The van der Waals surface area contributed by atoms with Gasteiger partial charge in [0, 0.05) is 13.1 Å². The summed E-state index contributed by atoms with van der Waals surface area (Å²) in [5.74, 6) is -0.879. The van der Waals surface area contributed by atoms with Crippen LogP contribution in [0.2, 0.25) is 0 Å². The van der Waals surface area contributed by atoms with Crippen molar-refractivity contribution >= 4 is 34.9 Å². The van der Waals surface area contributed by atoms with E-state index in [1.165, 1.54) is 19.9 Å². The minimum atomic E-state index is -4.72. The molecular formula is C22H26F3IN4O6. The molecule has 0 bridgehead atoms. The first-order valence-electron chi connectivity index (χ1n) is 11.3. The van der Waals surface area contributed by atoms with Gasteiger partial charge in [-0.15, -0.1) is 13.2 Å². The summed E-state index contributed by atoms with van der Waals surface area (Å²) >= 11 is 1.77. The number of benzene rings is 1. The number of aromatic nitrogens is 3. The highest BCUT2D eigenvalue weighted by Crippen LogP contribution is 2.36. The Morgan fingerprint density at radius 3 is 2.31 bits per heavy atom.